The quantitative estimate of drug-likeness (QED) is 0.596. The summed E-state index contributed by atoms with van der Waals surface area (Å²) in [6.45, 7) is 6.50. The molecule has 7 heteroatoms. The summed E-state index contributed by atoms with van der Waals surface area (Å²) in [6.07, 6.45) is 0.133. The smallest absolute Gasteiger partial charge is 0.334 e. The molecule has 0 saturated carbocycles. The van der Waals surface area contributed by atoms with Gasteiger partial charge in [-0.15, -0.1) is 0 Å². The average molecular weight is 288 g/mol. The summed E-state index contributed by atoms with van der Waals surface area (Å²) in [4.78, 5) is 24.3. The summed E-state index contributed by atoms with van der Waals surface area (Å²) >= 11 is 0. The second-order valence-corrected chi connectivity index (χ2v) is 5.06. The van der Waals surface area contributed by atoms with Crippen molar-refractivity contribution in [1.82, 2.24) is 10.2 Å². The number of carboxylic acid groups (broad SMARTS) is 1. The zero-order valence-corrected chi connectivity index (χ0v) is 12.1. The number of aliphatic carboxylic acids is 1. The molecule has 0 bridgehead atoms. The van der Waals surface area contributed by atoms with Gasteiger partial charge in [0, 0.05) is 26.2 Å². The van der Waals surface area contributed by atoms with Crippen molar-refractivity contribution in [3.05, 3.63) is 0 Å². The Bertz CT molecular complexity index is 322. The van der Waals surface area contributed by atoms with E-state index in [4.69, 9.17) is 14.6 Å². The molecule has 1 aliphatic rings. The van der Waals surface area contributed by atoms with Crippen molar-refractivity contribution >= 4 is 11.9 Å². The largest absolute Gasteiger partial charge is 0.479 e. The van der Waals surface area contributed by atoms with E-state index in [1.165, 1.54) is 0 Å². The van der Waals surface area contributed by atoms with E-state index in [1.54, 1.807) is 4.90 Å². The second kappa shape index (κ2) is 8.89. The molecule has 0 aromatic heterocycles. The van der Waals surface area contributed by atoms with E-state index in [9.17, 15) is 9.59 Å². The number of nitrogens with one attached hydrogen (secondary N) is 1. The number of rotatable bonds is 8. The summed E-state index contributed by atoms with van der Waals surface area (Å²) in [5.41, 5.74) is 0. The van der Waals surface area contributed by atoms with Crippen molar-refractivity contribution in [1.29, 1.82) is 0 Å². The number of ether oxygens (including phenoxy) is 2. The van der Waals surface area contributed by atoms with Gasteiger partial charge in [-0.05, 0) is 20.3 Å². The van der Waals surface area contributed by atoms with Crippen LogP contribution >= 0.6 is 0 Å². The van der Waals surface area contributed by atoms with Crippen LogP contribution < -0.4 is 5.32 Å². The summed E-state index contributed by atoms with van der Waals surface area (Å²) in [5, 5.41) is 11.7. The molecule has 1 unspecified atom stereocenters. The fourth-order valence-corrected chi connectivity index (χ4v) is 1.87. The first-order valence-electron chi connectivity index (χ1n) is 6.94. The lowest BCUT2D eigenvalue weighted by Crippen LogP contribution is -2.49. The highest BCUT2D eigenvalue weighted by atomic mass is 16.5. The molecule has 0 aliphatic carbocycles. The first kappa shape index (κ1) is 16.9. The predicted molar refractivity (Wildman–Crippen MR) is 72.5 cm³/mol. The van der Waals surface area contributed by atoms with Crippen molar-refractivity contribution in [3.63, 3.8) is 0 Å². The Hall–Kier alpha value is -1.18. The maximum absolute atomic E-state index is 11.7. The molecule has 1 atom stereocenters. The first-order chi connectivity index (χ1) is 9.49. The normalized spacial score (nSPS) is 20.1. The number of morpholine rings is 1. The van der Waals surface area contributed by atoms with E-state index < -0.39 is 12.1 Å². The van der Waals surface area contributed by atoms with Crippen LogP contribution in [0.15, 0.2) is 0 Å². The second-order valence-electron chi connectivity index (χ2n) is 5.06. The number of hydrogen-bond donors (Lipinski definition) is 2. The molecule has 1 amide bonds. The fraction of sp³-hybridized carbons (Fsp3) is 0.846. The van der Waals surface area contributed by atoms with Crippen LogP contribution in [-0.4, -0.2) is 73.5 Å². The van der Waals surface area contributed by atoms with Gasteiger partial charge in [0.1, 0.15) is 0 Å². The number of carbonyl (C=O) groups is 2. The van der Waals surface area contributed by atoms with Gasteiger partial charge in [-0.25, -0.2) is 4.79 Å². The Labute approximate surface area is 119 Å². The maximum atomic E-state index is 11.7. The minimum absolute atomic E-state index is 0.0967. The van der Waals surface area contributed by atoms with Crippen LogP contribution in [0.5, 0.6) is 0 Å². The van der Waals surface area contributed by atoms with E-state index in [1.807, 2.05) is 13.8 Å². The lowest BCUT2D eigenvalue weighted by atomic mass is 10.2. The van der Waals surface area contributed by atoms with Gasteiger partial charge in [0.25, 0.3) is 0 Å². The number of carboxylic acids is 1. The molecular formula is C13H24N2O5. The van der Waals surface area contributed by atoms with Gasteiger partial charge >= 0.3 is 5.97 Å². The Morgan fingerprint density at radius 3 is 2.90 bits per heavy atom. The fourth-order valence-electron chi connectivity index (χ4n) is 1.87. The van der Waals surface area contributed by atoms with Crippen LogP contribution in [0.4, 0.5) is 0 Å². The number of nitrogens with zero attached hydrogens (tertiary/aromatic N) is 1. The summed E-state index contributed by atoms with van der Waals surface area (Å²) in [5.74, 6) is -1.08. The summed E-state index contributed by atoms with van der Waals surface area (Å²) in [7, 11) is 0. The van der Waals surface area contributed by atoms with Crippen molar-refractivity contribution in [2.24, 2.45) is 0 Å². The number of hydrogen-bond acceptors (Lipinski definition) is 5. The molecule has 0 spiro atoms. The summed E-state index contributed by atoms with van der Waals surface area (Å²) < 4.78 is 10.5. The third kappa shape index (κ3) is 6.83. The molecule has 1 heterocycles. The minimum atomic E-state index is -0.985. The Balaban J connectivity index is 2.13. The zero-order valence-electron chi connectivity index (χ0n) is 12.1. The van der Waals surface area contributed by atoms with E-state index >= 15 is 0 Å². The van der Waals surface area contributed by atoms with Crippen molar-refractivity contribution < 1.29 is 24.2 Å². The topological polar surface area (TPSA) is 88.1 Å². The van der Waals surface area contributed by atoms with Crippen LogP contribution in [0.3, 0.4) is 0 Å². The lowest BCUT2D eigenvalue weighted by Gasteiger charge is -2.30. The van der Waals surface area contributed by atoms with Gasteiger partial charge < -0.3 is 19.9 Å². The van der Waals surface area contributed by atoms with E-state index in [0.717, 1.165) is 6.42 Å². The molecule has 0 aromatic rings. The first-order valence-corrected chi connectivity index (χ1v) is 6.94. The highest BCUT2D eigenvalue weighted by Crippen LogP contribution is 2.04. The molecule has 1 fully saturated rings. The maximum Gasteiger partial charge on any atom is 0.334 e. The van der Waals surface area contributed by atoms with Crippen LogP contribution in [0.25, 0.3) is 0 Å². The molecule has 1 saturated heterocycles. The SMILES string of the molecule is CC(C)OCCCNC(=O)CN1CCOC(C(=O)O)C1. The molecule has 20 heavy (non-hydrogen) atoms. The molecule has 2 N–H and O–H groups in total. The van der Waals surface area contributed by atoms with Crippen LogP contribution in [-0.2, 0) is 19.1 Å². The van der Waals surface area contributed by atoms with Crippen LogP contribution in [0, 0.1) is 0 Å². The molecular weight excluding hydrogens is 264 g/mol. The van der Waals surface area contributed by atoms with Gasteiger partial charge in [-0.3, -0.25) is 9.69 Å². The highest BCUT2D eigenvalue weighted by Gasteiger charge is 2.26. The van der Waals surface area contributed by atoms with Crippen molar-refractivity contribution in [2.75, 3.05) is 39.4 Å². The Morgan fingerprint density at radius 2 is 2.25 bits per heavy atom. The van der Waals surface area contributed by atoms with Gasteiger partial charge in [0.15, 0.2) is 6.10 Å². The molecule has 1 aliphatic heterocycles. The molecule has 1 rings (SSSR count). The van der Waals surface area contributed by atoms with Crippen LogP contribution in [0.2, 0.25) is 0 Å². The predicted octanol–water partition coefficient (Wildman–Crippen LogP) is -0.297. The minimum Gasteiger partial charge on any atom is -0.479 e. The van der Waals surface area contributed by atoms with E-state index in [-0.39, 0.29) is 25.1 Å². The van der Waals surface area contributed by atoms with Gasteiger partial charge in [0.2, 0.25) is 5.91 Å². The van der Waals surface area contributed by atoms with Crippen molar-refractivity contribution in [2.45, 2.75) is 32.5 Å². The standard InChI is InChI=1S/C13H24N2O5/c1-10(2)19-6-3-4-14-12(16)9-15-5-7-20-11(8-15)13(17)18/h10-11H,3-9H2,1-2H3,(H,14,16)(H,17,18). The monoisotopic (exact) mass is 288 g/mol. The van der Waals surface area contributed by atoms with Gasteiger partial charge in [0.05, 0.1) is 19.3 Å². The highest BCUT2D eigenvalue weighted by molar-refractivity contribution is 5.78. The number of amides is 1. The molecule has 7 nitrogen and oxygen atoms in total. The van der Waals surface area contributed by atoms with E-state index in [0.29, 0.717) is 26.3 Å². The third-order valence-corrected chi connectivity index (χ3v) is 2.89. The molecule has 0 radical (unpaired) electrons. The molecule has 116 valence electrons. The molecule has 0 aromatic carbocycles. The summed E-state index contributed by atoms with van der Waals surface area (Å²) in [6, 6.07) is 0. The van der Waals surface area contributed by atoms with Crippen molar-refractivity contribution in [3.8, 4) is 0 Å². The zero-order chi connectivity index (χ0) is 15.0. The lowest BCUT2D eigenvalue weighted by molar-refractivity contribution is -0.156. The number of carbonyl (C=O) groups excluding carboxylic acids is 1. The third-order valence-electron chi connectivity index (χ3n) is 2.89. The average Bonchev–Trinajstić information content (AvgIpc) is 2.38. The Morgan fingerprint density at radius 1 is 1.50 bits per heavy atom. The van der Waals surface area contributed by atoms with Gasteiger partial charge in [-0.2, -0.15) is 0 Å². The van der Waals surface area contributed by atoms with Crippen LogP contribution in [0.1, 0.15) is 20.3 Å². The van der Waals surface area contributed by atoms with E-state index in [2.05, 4.69) is 5.32 Å². The van der Waals surface area contributed by atoms with Gasteiger partial charge in [-0.1, -0.05) is 0 Å². The Kier molecular flexibility index (Phi) is 7.50.